The molecule has 0 saturated heterocycles. The Bertz CT molecular complexity index is 369. The molecule has 15 heavy (non-hydrogen) atoms. The van der Waals surface area contributed by atoms with E-state index in [4.69, 9.17) is 0 Å². The van der Waals surface area contributed by atoms with E-state index in [-0.39, 0.29) is 6.07 Å². The maximum absolute atomic E-state index is 12.7. The molecule has 0 fully saturated rings. The van der Waals surface area contributed by atoms with Crippen molar-refractivity contribution >= 4 is 6.29 Å². The molecule has 0 amide bonds. The van der Waals surface area contributed by atoms with Gasteiger partial charge in [0.05, 0.1) is 5.56 Å². The molecule has 1 nitrogen and oxygen atoms in total. The normalized spacial score (nSPS) is 12.6. The lowest BCUT2D eigenvalue weighted by Crippen LogP contribution is -2.16. The van der Waals surface area contributed by atoms with Crippen LogP contribution in [0.5, 0.6) is 0 Å². The van der Waals surface area contributed by atoms with Crippen molar-refractivity contribution in [2.45, 2.75) is 12.1 Å². The van der Waals surface area contributed by atoms with Crippen molar-refractivity contribution in [3.63, 3.8) is 0 Å². The average Bonchev–Trinajstić information content (AvgIpc) is 2.17. The highest BCUT2D eigenvalue weighted by Crippen LogP contribution is 2.33. The molecule has 1 rings (SSSR count). The molecule has 0 radical (unpaired) electrons. The standard InChI is InChI=1S/C9H5F5O/c10-8(11,5-15)6-2-1-3-7(4-6)9(12,13)14/h1-5H. The van der Waals surface area contributed by atoms with Crippen molar-refractivity contribution in [3.8, 4) is 0 Å². The van der Waals surface area contributed by atoms with Gasteiger partial charge in [0, 0.05) is 5.56 Å². The molecule has 0 aromatic heterocycles. The lowest BCUT2D eigenvalue weighted by atomic mass is 10.1. The summed E-state index contributed by atoms with van der Waals surface area (Å²) in [5.74, 6) is -3.89. The largest absolute Gasteiger partial charge is 0.416 e. The minimum Gasteiger partial charge on any atom is -0.296 e. The Morgan fingerprint density at radius 3 is 2.00 bits per heavy atom. The first-order valence-corrected chi connectivity index (χ1v) is 3.79. The van der Waals surface area contributed by atoms with Gasteiger partial charge in [0.25, 0.3) is 0 Å². The van der Waals surface area contributed by atoms with Crippen molar-refractivity contribution in [3.05, 3.63) is 35.4 Å². The topological polar surface area (TPSA) is 17.1 Å². The molecule has 1 aromatic rings. The molecule has 0 aliphatic rings. The van der Waals surface area contributed by atoms with Crippen LogP contribution in [0.25, 0.3) is 0 Å². The van der Waals surface area contributed by atoms with Gasteiger partial charge in [-0.05, 0) is 12.1 Å². The van der Waals surface area contributed by atoms with Crippen LogP contribution in [0, 0.1) is 0 Å². The fourth-order valence-electron chi connectivity index (χ4n) is 0.971. The highest BCUT2D eigenvalue weighted by Gasteiger charge is 2.35. The summed E-state index contributed by atoms with van der Waals surface area (Å²) in [4.78, 5) is 9.96. The quantitative estimate of drug-likeness (QED) is 0.557. The molecule has 0 heterocycles. The number of rotatable bonds is 2. The lowest BCUT2D eigenvalue weighted by molar-refractivity contribution is -0.138. The van der Waals surface area contributed by atoms with Crippen LogP contribution in [-0.2, 0) is 16.9 Å². The minimum atomic E-state index is -4.70. The second kappa shape index (κ2) is 3.60. The van der Waals surface area contributed by atoms with Gasteiger partial charge in [-0.25, -0.2) is 0 Å². The fraction of sp³-hybridized carbons (Fsp3) is 0.222. The Hall–Kier alpha value is -1.46. The first kappa shape index (κ1) is 11.6. The Morgan fingerprint density at radius 2 is 1.53 bits per heavy atom. The number of hydrogen-bond acceptors (Lipinski definition) is 1. The average molecular weight is 224 g/mol. The smallest absolute Gasteiger partial charge is 0.296 e. The highest BCUT2D eigenvalue weighted by molar-refractivity contribution is 5.63. The van der Waals surface area contributed by atoms with Gasteiger partial charge in [-0.3, -0.25) is 4.79 Å². The molecule has 0 spiro atoms. The van der Waals surface area contributed by atoms with Gasteiger partial charge in [-0.1, -0.05) is 12.1 Å². The molecule has 0 saturated carbocycles. The number of hydrogen-bond donors (Lipinski definition) is 0. The number of carbonyl (C=O) groups is 1. The zero-order chi connectivity index (χ0) is 11.7. The molecule has 0 bridgehead atoms. The third kappa shape index (κ3) is 2.51. The van der Waals surface area contributed by atoms with Gasteiger partial charge < -0.3 is 0 Å². The van der Waals surface area contributed by atoms with E-state index in [2.05, 4.69) is 0 Å². The first-order chi connectivity index (χ1) is 6.77. The van der Waals surface area contributed by atoms with E-state index in [0.717, 1.165) is 12.1 Å². The van der Waals surface area contributed by atoms with Crippen molar-refractivity contribution in [1.29, 1.82) is 0 Å². The Labute approximate surface area is 81.5 Å². The molecular formula is C9H5F5O. The number of halogens is 5. The predicted octanol–water partition coefficient (Wildman–Crippen LogP) is 3.00. The van der Waals surface area contributed by atoms with E-state index < -0.39 is 29.5 Å². The fourth-order valence-corrected chi connectivity index (χ4v) is 0.971. The maximum Gasteiger partial charge on any atom is 0.416 e. The summed E-state index contributed by atoms with van der Waals surface area (Å²) in [5, 5.41) is 0. The van der Waals surface area contributed by atoms with Crippen LogP contribution < -0.4 is 0 Å². The number of aldehydes is 1. The third-order valence-electron chi connectivity index (χ3n) is 1.72. The van der Waals surface area contributed by atoms with Gasteiger partial charge >= 0.3 is 12.1 Å². The van der Waals surface area contributed by atoms with Crippen molar-refractivity contribution in [2.24, 2.45) is 0 Å². The van der Waals surface area contributed by atoms with E-state index in [0.29, 0.717) is 6.07 Å². The number of alkyl halides is 5. The second-order valence-electron chi connectivity index (χ2n) is 2.82. The third-order valence-corrected chi connectivity index (χ3v) is 1.72. The van der Waals surface area contributed by atoms with Gasteiger partial charge in [-0.2, -0.15) is 22.0 Å². The van der Waals surface area contributed by atoms with Crippen LogP contribution in [0.1, 0.15) is 11.1 Å². The summed E-state index contributed by atoms with van der Waals surface area (Å²) in [6.45, 7) is 0. The first-order valence-electron chi connectivity index (χ1n) is 3.79. The Balaban J connectivity index is 3.20. The van der Waals surface area contributed by atoms with E-state index in [9.17, 15) is 26.7 Å². The minimum absolute atomic E-state index is 0.258. The summed E-state index contributed by atoms with van der Waals surface area (Å²) in [7, 11) is 0. The van der Waals surface area contributed by atoms with E-state index >= 15 is 0 Å². The van der Waals surface area contributed by atoms with Crippen LogP contribution >= 0.6 is 0 Å². The van der Waals surface area contributed by atoms with Crippen molar-refractivity contribution in [2.75, 3.05) is 0 Å². The molecule has 0 unspecified atom stereocenters. The van der Waals surface area contributed by atoms with Gasteiger partial charge in [0.15, 0.2) is 6.29 Å². The van der Waals surface area contributed by atoms with E-state index in [1.54, 1.807) is 0 Å². The molecular weight excluding hydrogens is 219 g/mol. The van der Waals surface area contributed by atoms with E-state index in [1.807, 2.05) is 0 Å². The van der Waals surface area contributed by atoms with Crippen LogP contribution in [0.4, 0.5) is 22.0 Å². The monoisotopic (exact) mass is 224 g/mol. The number of carbonyl (C=O) groups excluding carboxylic acids is 1. The van der Waals surface area contributed by atoms with Crippen molar-refractivity contribution in [1.82, 2.24) is 0 Å². The molecule has 0 atom stereocenters. The molecule has 82 valence electrons. The summed E-state index contributed by atoms with van der Waals surface area (Å²) in [5.41, 5.74) is -2.17. The van der Waals surface area contributed by atoms with Gasteiger partial charge in [0.2, 0.25) is 0 Å². The lowest BCUT2D eigenvalue weighted by Gasteiger charge is -2.12. The van der Waals surface area contributed by atoms with Crippen molar-refractivity contribution < 1.29 is 26.7 Å². The zero-order valence-electron chi connectivity index (χ0n) is 7.18. The zero-order valence-corrected chi connectivity index (χ0v) is 7.18. The summed E-state index contributed by atoms with van der Waals surface area (Å²) >= 11 is 0. The SMILES string of the molecule is O=CC(F)(F)c1cccc(C(F)(F)F)c1. The molecule has 0 aliphatic heterocycles. The Kier molecular flexibility index (Phi) is 2.79. The summed E-state index contributed by atoms with van der Waals surface area (Å²) in [6.07, 6.45) is -5.39. The molecule has 6 heteroatoms. The van der Waals surface area contributed by atoms with Gasteiger partial charge in [0.1, 0.15) is 0 Å². The van der Waals surface area contributed by atoms with Crippen LogP contribution in [0.15, 0.2) is 24.3 Å². The number of benzene rings is 1. The molecule has 0 N–H and O–H groups in total. The second-order valence-corrected chi connectivity index (χ2v) is 2.82. The van der Waals surface area contributed by atoms with Crippen LogP contribution in [0.3, 0.4) is 0 Å². The predicted molar refractivity (Wildman–Crippen MR) is 41.4 cm³/mol. The summed E-state index contributed by atoms with van der Waals surface area (Å²) in [6, 6.07) is 2.51. The molecule has 1 aromatic carbocycles. The van der Waals surface area contributed by atoms with Crippen LogP contribution in [-0.4, -0.2) is 6.29 Å². The van der Waals surface area contributed by atoms with Gasteiger partial charge in [-0.15, -0.1) is 0 Å². The Morgan fingerprint density at radius 1 is 1.00 bits per heavy atom. The summed E-state index contributed by atoms with van der Waals surface area (Å²) < 4.78 is 61.8. The molecule has 0 aliphatic carbocycles. The van der Waals surface area contributed by atoms with Crippen LogP contribution in [0.2, 0.25) is 0 Å². The van der Waals surface area contributed by atoms with E-state index in [1.165, 1.54) is 0 Å². The maximum atomic E-state index is 12.7. The highest BCUT2D eigenvalue weighted by atomic mass is 19.4.